The zero-order valence-electron chi connectivity index (χ0n) is 30.2. The molecule has 55 heavy (non-hydrogen) atoms. The van der Waals surface area contributed by atoms with Crippen molar-refractivity contribution in [2.24, 2.45) is 0 Å². The van der Waals surface area contributed by atoms with Gasteiger partial charge in [0.05, 0.1) is 11.6 Å². The first kappa shape index (κ1) is 33.6. The van der Waals surface area contributed by atoms with Gasteiger partial charge in [0, 0.05) is 27.8 Å². The molecule has 5 nitrogen and oxygen atoms in total. The normalized spacial score (nSPS) is 12.5. The van der Waals surface area contributed by atoms with E-state index >= 15 is 0 Å². The second kappa shape index (κ2) is 13.6. The molecule has 262 valence electrons. The van der Waals surface area contributed by atoms with Crippen LogP contribution in [0.4, 0.5) is 4.39 Å². The predicted octanol–water partition coefficient (Wildman–Crippen LogP) is 12.2. The van der Waals surface area contributed by atoms with Crippen molar-refractivity contribution in [3.63, 3.8) is 0 Å². The molecule has 9 rings (SSSR count). The fourth-order valence-corrected chi connectivity index (χ4v) is 7.21. The molecule has 0 saturated heterocycles. The number of halogens is 1. The topological polar surface area (TPSA) is 71.7 Å². The molecule has 1 aliphatic heterocycles. The van der Waals surface area contributed by atoms with Crippen LogP contribution >= 0.6 is 0 Å². The largest absolute Gasteiger partial charge is 0.482 e. The van der Waals surface area contributed by atoms with Gasteiger partial charge in [0.25, 0.3) is 0 Å². The molecular weight excluding hydrogens is 680 g/mol. The monoisotopic (exact) mass is 712 g/mol. The highest BCUT2D eigenvalue weighted by Gasteiger charge is 2.32. The Hall–Kier alpha value is -7.23. The maximum absolute atomic E-state index is 14.1. The minimum Gasteiger partial charge on any atom is -0.482 e. The van der Waals surface area contributed by atoms with Crippen LogP contribution in [0.15, 0.2) is 164 Å². The molecule has 0 aliphatic carbocycles. The number of hydrogen-bond donors (Lipinski definition) is 0. The third-order valence-electron chi connectivity index (χ3n) is 10.1. The summed E-state index contributed by atoms with van der Waals surface area (Å²) in [6.45, 7) is 4.18. The van der Waals surface area contributed by atoms with Crippen LogP contribution in [-0.4, -0.2) is 15.0 Å². The highest BCUT2D eigenvalue weighted by molar-refractivity contribution is 5.84. The van der Waals surface area contributed by atoms with E-state index in [-0.39, 0.29) is 5.82 Å². The van der Waals surface area contributed by atoms with Crippen molar-refractivity contribution >= 4 is 0 Å². The van der Waals surface area contributed by atoms with E-state index < -0.39 is 5.60 Å². The summed E-state index contributed by atoms with van der Waals surface area (Å²) in [5, 5.41) is 9.46. The van der Waals surface area contributed by atoms with Crippen LogP contribution in [0.25, 0.3) is 78.7 Å². The van der Waals surface area contributed by atoms with E-state index in [1.807, 2.05) is 54.6 Å². The number of ether oxygens (including phenoxy) is 1. The van der Waals surface area contributed by atoms with Crippen molar-refractivity contribution in [3.05, 3.63) is 181 Å². The molecule has 0 atom stereocenters. The lowest BCUT2D eigenvalue weighted by atomic mass is 9.85. The van der Waals surface area contributed by atoms with Crippen molar-refractivity contribution < 1.29 is 9.13 Å². The number of benzene rings is 7. The lowest BCUT2D eigenvalue weighted by Crippen LogP contribution is -2.29. The van der Waals surface area contributed by atoms with Crippen molar-refractivity contribution in [1.82, 2.24) is 15.0 Å². The van der Waals surface area contributed by atoms with E-state index in [1.165, 1.54) is 12.1 Å². The van der Waals surface area contributed by atoms with Gasteiger partial charge in [-0.2, -0.15) is 5.26 Å². The second-order valence-electron chi connectivity index (χ2n) is 14.1. The third kappa shape index (κ3) is 6.53. The van der Waals surface area contributed by atoms with Crippen LogP contribution in [0.5, 0.6) is 5.75 Å². The van der Waals surface area contributed by atoms with Gasteiger partial charge in [-0.25, -0.2) is 19.3 Å². The Morgan fingerprint density at radius 2 is 0.964 bits per heavy atom. The maximum atomic E-state index is 14.1. The Morgan fingerprint density at radius 1 is 0.473 bits per heavy atom. The van der Waals surface area contributed by atoms with E-state index in [9.17, 15) is 9.65 Å². The van der Waals surface area contributed by atoms with Crippen LogP contribution in [0.2, 0.25) is 0 Å². The number of fused-ring (bicyclic) bond motifs is 3. The van der Waals surface area contributed by atoms with Gasteiger partial charge < -0.3 is 4.74 Å². The van der Waals surface area contributed by atoms with Crippen LogP contribution < -0.4 is 4.74 Å². The molecule has 2 heterocycles. The average Bonchev–Trinajstić information content (AvgIpc) is 3.24. The summed E-state index contributed by atoms with van der Waals surface area (Å²) in [6.07, 6.45) is 0. The third-order valence-corrected chi connectivity index (χ3v) is 10.1. The zero-order chi connectivity index (χ0) is 37.5. The highest BCUT2D eigenvalue weighted by atomic mass is 19.1. The fraction of sp³-hybridized carbons (Fsp3) is 0.0612. The fourth-order valence-electron chi connectivity index (χ4n) is 7.21. The van der Waals surface area contributed by atoms with Crippen molar-refractivity contribution in [3.8, 4) is 90.5 Å². The standard InChI is InChI=1S/C49H33FN4O/c1-49(2)44-11-7-6-10-42(44)43-25-22-37(29-45(43)55-49)39-26-38(34-20-23-41(50)24-21-34)27-40(28-39)48-53-46(35-14-12-31(30-51)13-15-35)52-47(54-48)36-18-16-33(17-19-36)32-8-4-3-5-9-32/h3-29H,1-2H3. The van der Waals surface area contributed by atoms with Gasteiger partial charge in [-0.15, -0.1) is 0 Å². The molecule has 0 radical (unpaired) electrons. The first-order valence-corrected chi connectivity index (χ1v) is 18.1. The molecule has 0 N–H and O–H groups in total. The van der Waals surface area contributed by atoms with Crippen LogP contribution in [-0.2, 0) is 5.60 Å². The number of hydrogen-bond acceptors (Lipinski definition) is 5. The molecule has 0 spiro atoms. The Kier molecular flexibility index (Phi) is 8.33. The van der Waals surface area contributed by atoms with Gasteiger partial charge in [-0.05, 0) is 113 Å². The summed E-state index contributed by atoms with van der Waals surface area (Å²) >= 11 is 0. The molecule has 8 aromatic rings. The quantitative estimate of drug-likeness (QED) is 0.172. The summed E-state index contributed by atoms with van der Waals surface area (Å²) < 4.78 is 20.8. The first-order chi connectivity index (χ1) is 26.8. The minimum absolute atomic E-state index is 0.303. The lowest BCUT2D eigenvalue weighted by Gasteiger charge is -2.35. The summed E-state index contributed by atoms with van der Waals surface area (Å²) in [7, 11) is 0. The van der Waals surface area contributed by atoms with Crippen molar-refractivity contribution in [1.29, 1.82) is 5.26 Å². The Balaban J connectivity index is 1.21. The van der Waals surface area contributed by atoms with Gasteiger partial charge in [-0.3, -0.25) is 0 Å². The molecule has 0 amide bonds. The minimum atomic E-state index is -0.508. The summed E-state index contributed by atoms with van der Waals surface area (Å²) in [4.78, 5) is 15.0. The predicted molar refractivity (Wildman–Crippen MR) is 216 cm³/mol. The van der Waals surface area contributed by atoms with Gasteiger partial charge in [0.2, 0.25) is 0 Å². The molecule has 0 fully saturated rings. The van der Waals surface area contributed by atoms with E-state index in [0.29, 0.717) is 23.0 Å². The van der Waals surface area contributed by atoms with Gasteiger partial charge in [-0.1, -0.05) is 103 Å². The van der Waals surface area contributed by atoms with Crippen molar-refractivity contribution in [2.45, 2.75) is 19.4 Å². The number of nitriles is 1. The SMILES string of the molecule is CC1(C)Oc2cc(-c3cc(-c4ccc(F)cc4)cc(-c4nc(-c5ccc(C#N)cc5)nc(-c5ccc(-c6ccccc6)cc5)n4)c3)ccc2-c2ccccc21. The van der Waals surface area contributed by atoms with Crippen molar-refractivity contribution in [2.75, 3.05) is 0 Å². The molecule has 1 aromatic heterocycles. The molecule has 7 aromatic carbocycles. The van der Waals surface area contributed by atoms with Gasteiger partial charge in [0.1, 0.15) is 17.2 Å². The van der Waals surface area contributed by atoms with E-state index in [4.69, 9.17) is 19.7 Å². The van der Waals surface area contributed by atoms with Crippen LogP contribution in [0, 0.1) is 17.1 Å². The Labute approximate surface area is 319 Å². The summed E-state index contributed by atoms with van der Waals surface area (Å²) in [6, 6.07) is 55.2. The second-order valence-corrected chi connectivity index (χ2v) is 14.1. The Morgan fingerprint density at radius 3 is 1.64 bits per heavy atom. The highest BCUT2D eigenvalue weighted by Crippen LogP contribution is 2.47. The molecule has 1 aliphatic rings. The lowest BCUT2D eigenvalue weighted by molar-refractivity contribution is 0.106. The van der Waals surface area contributed by atoms with E-state index in [1.54, 1.807) is 24.3 Å². The smallest absolute Gasteiger partial charge is 0.164 e. The van der Waals surface area contributed by atoms with Gasteiger partial charge in [0.15, 0.2) is 17.5 Å². The zero-order valence-corrected chi connectivity index (χ0v) is 30.2. The molecule has 0 unspecified atom stereocenters. The van der Waals surface area contributed by atoms with E-state index in [0.717, 1.165) is 72.5 Å². The molecule has 6 heteroatoms. The molecule has 0 saturated carbocycles. The number of rotatable bonds is 6. The van der Waals surface area contributed by atoms with Gasteiger partial charge >= 0.3 is 0 Å². The Bertz CT molecular complexity index is 2750. The van der Waals surface area contributed by atoms with Crippen LogP contribution in [0.1, 0.15) is 25.0 Å². The van der Waals surface area contributed by atoms with E-state index in [2.05, 4.69) is 92.7 Å². The molecular formula is C49H33FN4O. The number of aromatic nitrogens is 3. The first-order valence-electron chi connectivity index (χ1n) is 18.1. The summed E-state index contributed by atoms with van der Waals surface area (Å²) in [5.41, 5.74) is 11.6. The maximum Gasteiger partial charge on any atom is 0.164 e. The van der Waals surface area contributed by atoms with Crippen LogP contribution in [0.3, 0.4) is 0 Å². The summed E-state index contributed by atoms with van der Waals surface area (Å²) in [5.74, 6) is 1.97. The molecule has 0 bridgehead atoms. The average molecular weight is 713 g/mol. The number of nitrogens with zero attached hydrogens (tertiary/aromatic N) is 4.